The summed E-state index contributed by atoms with van der Waals surface area (Å²) in [6, 6.07) is 1.56. The Hall–Kier alpha value is -1.16. The van der Waals surface area contributed by atoms with Crippen LogP contribution in [-0.4, -0.2) is 20.8 Å². The molecule has 0 spiro atoms. The highest BCUT2D eigenvalue weighted by Gasteiger charge is 2.28. The van der Waals surface area contributed by atoms with E-state index in [2.05, 4.69) is 11.9 Å². The van der Waals surface area contributed by atoms with Gasteiger partial charge in [0.05, 0.1) is 12.4 Å². The first-order valence-corrected chi connectivity index (χ1v) is 5.38. The van der Waals surface area contributed by atoms with Gasteiger partial charge in [-0.1, -0.05) is 6.92 Å². The van der Waals surface area contributed by atoms with Crippen molar-refractivity contribution in [1.29, 1.82) is 0 Å². The molecule has 0 aliphatic heterocycles. The van der Waals surface area contributed by atoms with Gasteiger partial charge in [0.1, 0.15) is 0 Å². The number of nitrogens with zero attached hydrogens (tertiary/aromatic N) is 2. The van der Waals surface area contributed by atoms with Crippen LogP contribution in [0.1, 0.15) is 32.2 Å². The number of rotatable bonds is 1. The lowest BCUT2D eigenvalue weighted by molar-refractivity contribution is 0.0763. The second-order valence-electron chi connectivity index (χ2n) is 4.34. The fraction of sp³-hybridized carbons (Fsp3) is 0.636. The topological polar surface area (TPSA) is 55.1 Å². The van der Waals surface area contributed by atoms with Crippen molar-refractivity contribution in [2.75, 3.05) is 0 Å². The molecule has 0 amide bonds. The van der Waals surface area contributed by atoms with E-state index in [4.69, 9.17) is 0 Å². The van der Waals surface area contributed by atoms with Gasteiger partial charge in [0, 0.05) is 18.3 Å². The van der Waals surface area contributed by atoms with Crippen molar-refractivity contribution in [3.8, 4) is 0 Å². The third-order valence-corrected chi connectivity index (χ3v) is 3.23. The Labute approximate surface area is 88.6 Å². The van der Waals surface area contributed by atoms with Gasteiger partial charge in [-0.05, 0) is 25.2 Å². The SMILES string of the molecule is CC1CCC(O)CC1n1cnccc1=O. The Bertz CT molecular complexity index is 388. The number of aliphatic hydroxyl groups is 1. The molecule has 1 aromatic rings. The molecule has 0 bridgehead atoms. The predicted molar refractivity (Wildman–Crippen MR) is 56.6 cm³/mol. The lowest BCUT2D eigenvalue weighted by atomic mass is 9.84. The minimum Gasteiger partial charge on any atom is -0.393 e. The van der Waals surface area contributed by atoms with Gasteiger partial charge in [-0.25, -0.2) is 4.98 Å². The molecule has 4 heteroatoms. The van der Waals surface area contributed by atoms with Crippen LogP contribution in [0.4, 0.5) is 0 Å². The van der Waals surface area contributed by atoms with Gasteiger partial charge in [0.2, 0.25) is 0 Å². The van der Waals surface area contributed by atoms with E-state index in [0.717, 1.165) is 12.8 Å². The van der Waals surface area contributed by atoms with E-state index in [1.54, 1.807) is 10.9 Å². The molecule has 1 heterocycles. The van der Waals surface area contributed by atoms with Crippen LogP contribution in [0.5, 0.6) is 0 Å². The van der Waals surface area contributed by atoms with Gasteiger partial charge < -0.3 is 5.11 Å². The highest BCUT2D eigenvalue weighted by Crippen LogP contribution is 2.32. The molecule has 1 aliphatic carbocycles. The molecule has 0 aromatic carbocycles. The highest BCUT2D eigenvalue weighted by atomic mass is 16.3. The summed E-state index contributed by atoms with van der Waals surface area (Å²) in [5, 5.41) is 9.61. The molecule has 15 heavy (non-hydrogen) atoms. The van der Waals surface area contributed by atoms with Crippen LogP contribution < -0.4 is 5.56 Å². The van der Waals surface area contributed by atoms with Crippen molar-refractivity contribution in [2.24, 2.45) is 5.92 Å². The van der Waals surface area contributed by atoms with Gasteiger partial charge in [-0.15, -0.1) is 0 Å². The van der Waals surface area contributed by atoms with Crippen molar-refractivity contribution in [3.63, 3.8) is 0 Å². The maximum atomic E-state index is 11.6. The van der Waals surface area contributed by atoms with Crippen molar-refractivity contribution < 1.29 is 5.11 Å². The first kappa shape index (κ1) is 10.4. The molecule has 3 atom stereocenters. The Morgan fingerprint density at radius 1 is 1.53 bits per heavy atom. The third kappa shape index (κ3) is 2.09. The Kier molecular flexibility index (Phi) is 2.86. The fourth-order valence-electron chi connectivity index (χ4n) is 2.27. The molecule has 4 nitrogen and oxygen atoms in total. The zero-order valence-electron chi connectivity index (χ0n) is 8.84. The van der Waals surface area contributed by atoms with Crippen LogP contribution in [0.25, 0.3) is 0 Å². The molecule has 1 aliphatic rings. The molecule has 1 saturated carbocycles. The zero-order valence-corrected chi connectivity index (χ0v) is 8.84. The van der Waals surface area contributed by atoms with Crippen molar-refractivity contribution in [2.45, 2.75) is 38.3 Å². The summed E-state index contributed by atoms with van der Waals surface area (Å²) in [6.45, 7) is 2.12. The monoisotopic (exact) mass is 208 g/mol. The Morgan fingerprint density at radius 2 is 2.33 bits per heavy atom. The largest absolute Gasteiger partial charge is 0.393 e. The lowest BCUT2D eigenvalue weighted by Gasteiger charge is -2.32. The molecule has 3 unspecified atom stereocenters. The van der Waals surface area contributed by atoms with E-state index < -0.39 is 0 Å². The number of hydrogen-bond acceptors (Lipinski definition) is 3. The molecule has 1 aromatic heterocycles. The highest BCUT2D eigenvalue weighted by molar-refractivity contribution is 4.90. The van der Waals surface area contributed by atoms with Gasteiger partial charge >= 0.3 is 0 Å². The first-order valence-electron chi connectivity index (χ1n) is 5.38. The van der Waals surface area contributed by atoms with E-state index >= 15 is 0 Å². The second kappa shape index (κ2) is 4.14. The molecular formula is C11H16N2O2. The average Bonchev–Trinajstić information content (AvgIpc) is 2.23. The second-order valence-corrected chi connectivity index (χ2v) is 4.34. The quantitative estimate of drug-likeness (QED) is 0.748. The zero-order chi connectivity index (χ0) is 10.8. The molecule has 0 radical (unpaired) electrons. The van der Waals surface area contributed by atoms with Gasteiger partial charge in [0.25, 0.3) is 5.56 Å². The lowest BCUT2D eigenvalue weighted by Crippen LogP contribution is -2.34. The van der Waals surface area contributed by atoms with Crippen LogP contribution in [0, 0.1) is 5.92 Å². The van der Waals surface area contributed by atoms with E-state index in [1.165, 1.54) is 12.3 Å². The van der Waals surface area contributed by atoms with Crippen molar-refractivity contribution in [3.05, 3.63) is 28.9 Å². The van der Waals surface area contributed by atoms with Crippen LogP contribution in [0.15, 0.2) is 23.4 Å². The van der Waals surface area contributed by atoms with Gasteiger partial charge in [0.15, 0.2) is 0 Å². The maximum absolute atomic E-state index is 11.6. The van der Waals surface area contributed by atoms with Gasteiger partial charge in [-0.3, -0.25) is 9.36 Å². The summed E-state index contributed by atoms with van der Waals surface area (Å²) >= 11 is 0. The Balaban J connectivity index is 2.29. The van der Waals surface area contributed by atoms with E-state index in [9.17, 15) is 9.90 Å². The smallest absolute Gasteiger partial charge is 0.253 e. The maximum Gasteiger partial charge on any atom is 0.253 e. The summed E-state index contributed by atoms with van der Waals surface area (Å²) in [6.07, 6.45) is 5.26. The number of hydrogen-bond donors (Lipinski definition) is 1. The van der Waals surface area contributed by atoms with Gasteiger partial charge in [-0.2, -0.15) is 0 Å². The Morgan fingerprint density at radius 3 is 3.07 bits per heavy atom. The number of aliphatic hydroxyl groups excluding tert-OH is 1. The standard InChI is InChI=1S/C11H16N2O2/c1-8-2-3-9(14)6-10(8)13-7-12-5-4-11(13)15/h4-5,7-10,14H,2-3,6H2,1H3. The molecule has 1 fully saturated rings. The molecule has 0 saturated heterocycles. The van der Waals surface area contributed by atoms with Crippen LogP contribution in [-0.2, 0) is 0 Å². The summed E-state index contributed by atoms with van der Waals surface area (Å²) in [5.41, 5.74) is -0.0315. The molecular weight excluding hydrogens is 192 g/mol. The average molecular weight is 208 g/mol. The van der Waals surface area contributed by atoms with Crippen LogP contribution in [0.3, 0.4) is 0 Å². The summed E-state index contributed by atoms with van der Waals surface area (Å²) in [7, 11) is 0. The van der Waals surface area contributed by atoms with Crippen molar-refractivity contribution >= 4 is 0 Å². The summed E-state index contributed by atoms with van der Waals surface area (Å²) in [5.74, 6) is 0.426. The predicted octanol–water partition coefficient (Wildman–Crippen LogP) is 0.965. The van der Waals surface area contributed by atoms with E-state index in [-0.39, 0.29) is 17.7 Å². The molecule has 2 rings (SSSR count). The summed E-state index contributed by atoms with van der Waals surface area (Å²) < 4.78 is 1.65. The van der Waals surface area contributed by atoms with E-state index in [0.29, 0.717) is 12.3 Å². The fourth-order valence-corrected chi connectivity index (χ4v) is 2.27. The van der Waals surface area contributed by atoms with Crippen LogP contribution >= 0.6 is 0 Å². The minimum atomic E-state index is -0.279. The molecule has 1 N–H and O–H groups in total. The third-order valence-electron chi connectivity index (χ3n) is 3.23. The minimum absolute atomic E-state index is 0.0315. The summed E-state index contributed by atoms with van der Waals surface area (Å²) in [4.78, 5) is 15.6. The molecule has 82 valence electrons. The van der Waals surface area contributed by atoms with Crippen LogP contribution in [0.2, 0.25) is 0 Å². The van der Waals surface area contributed by atoms with Crippen molar-refractivity contribution in [1.82, 2.24) is 9.55 Å². The van der Waals surface area contributed by atoms with E-state index in [1.807, 2.05) is 0 Å². The first-order chi connectivity index (χ1) is 7.18. The number of aromatic nitrogens is 2. The normalized spacial score (nSPS) is 31.5.